The van der Waals surface area contributed by atoms with E-state index in [1.807, 2.05) is 24.3 Å². The van der Waals surface area contributed by atoms with Crippen LogP contribution in [0.2, 0.25) is 5.02 Å². The molecule has 2 unspecified atom stereocenters. The van der Waals surface area contributed by atoms with Gasteiger partial charge in [0.15, 0.2) is 0 Å². The molecule has 0 aliphatic carbocycles. The van der Waals surface area contributed by atoms with E-state index in [2.05, 4.69) is 10.2 Å². The second kappa shape index (κ2) is 4.72. The number of nitrogens with zero attached hydrogens (tertiary/aromatic N) is 1. The lowest BCUT2D eigenvalue weighted by Crippen LogP contribution is -2.53. The third-order valence-electron chi connectivity index (χ3n) is 4.47. The molecule has 2 fully saturated rings. The molecular formula is C14H20ClN3. The summed E-state index contributed by atoms with van der Waals surface area (Å²) in [5.41, 5.74) is 7.10. The Kier molecular flexibility index (Phi) is 3.22. The lowest BCUT2D eigenvalue weighted by atomic mass is 9.88. The van der Waals surface area contributed by atoms with Gasteiger partial charge in [0, 0.05) is 19.1 Å². The normalized spacial score (nSPS) is 31.6. The van der Waals surface area contributed by atoms with Gasteiger partial charge in [-0.1, -0.05) is 23.7 Å². The van der Waals surface area contributed by atoms with Gasteiger partial charge in [-0.2, -0.15) is 0 Å². The van der Waals surface area contributed by atoms with Gasteiger partial charge in [-0.25, -0.2) is 0 Å². The zero-order chi connectivity index (χ0) is 12.6. The van der Waals surface area contributed by atoms with Gasteiger partial charge in [-0.15, -0.1) is 0 Å². The van der Waals surface area contributed by atoms with E-state index in [0.717, 1.165) is 23.7 Å². The predicted molar refractivity (Wildman–Crippen MR) is 76.1 cm³/mol. The zero-order valence-corrected chi connectivity index (χ0v) is 11.3. The van der Waals surface area contributed by atoms with Crippen LogP contribution in [0.15, 0.2) is 24.3 Å². The Labute approximate surface area is 113 Å². The van der Waals surface area contributed by atoms with Crippen LogP contribution in [0.3, 0.4) is 0 Å². The summed E-state index contributed by atoms with van der Waals surface area (Å²) < 4.78 is 0. The molecule has 0 bridgehead atoms. The molecule has 3 rings (SSSR count). The molecule has 2 aliphatic heterocycles. The average Bonchev–Trinajstić information content (AvgIpc) is 2.96. The van der Waals surface area contributed by atoms with Gasteiger partial charge in [-0.05, 0) is 37.9 Å². The summed E-state index contributed by atoms with van der Waals surface area (Å²) in [6.07, 6.45) is 3.64. The molecule has 18 heavy (non-hydrogen) atoms. The van der Waals surface area contributed by atoms with E-state index < -0.39 is 0 Å². The van der Waals surface area contributed by atoms with Crippen molar-refractivity contribution in [3.05, 3.63) is 29.3 Å². The maximum absolute atomic E-state index is 6.25. The molecule has 0 saturated carbocycles. The van der Waals surface area contributed by atoms with E-state index in [0.29, 0.717) is 12.6 Å². The van der Waals surface area contributed by atoms with Crippen LogP contribution in [-0.2, 0) is 0 Å². The molecule has 3 nitrogen and oxygen atoms in total. The molecule has 4 heteroatoms. The monoisotopic (exact) mass is 265 g/mol. The SMILES string of the molecule is NCC1(Nc2ccccc2Cl)CCN2CCCC21. The first-order valence-electron chi connectivity index (χ1n) is 6.72. The first-order chi connectivity index (χ1) is 8.75. The summed E-state index contributed by atoms with van der Waals surface area (Å²) >= 11 is 6.25. The summed E-state index contributed by atoms with van der Waals surface area (Å²) in [6.45, 7) is 3.04. The number of nitrogens with one attached hydrogen (secondary N) is 1. The van der Waals surface area contributed by atoms with Crippen molar-refractivity contribution in [2.45, 2.75) is 30.8 Å². The molecule has 1 aromatic rings. The minimum Gasteiger partial charge on any atom is -0.375 e. The van der Waals surface area contributed by atoms with E-state index in [1.54, 1.807) is 0 Å². The molecule has 0 amide bonds. The minimum atomic E-state index is 0.00148. The van der Waals surface area contributed by atoms with Crippen molar-refractivity contribution in [1.29, 1.82) is 0 Å². The van der Waals surface area contributed by atoms with Crippen LogP contribution < -0.4 is 11.1 Å². The number of hydrogen-bond donors (Lipinski definition) is 2. The number of nitrogens with two attached hydrogens (primary N) is 1. The number of rotatable bonds is 3. The topological polar surface area (TPSA) is 41.3 Å². The number of anilines is 1. The highest BCUT2D eigenvalue weighted by Crippen LogP contribution is 2.38. The Bertz CT molecular complexity index is 437. The second-order valence-electron chi connectivity index (χ2n) is 5.41. The molecular weight excluding hydrogens is 246 g/mol. The van der Waals surface area contributed by atoms with E-state index in [9.17, 15) is 0 Å². The molecule has 2 atom stereocenters. The van der Waals surface area contributed by atoms with Crippen LogP contribution in [0, 0.1) is 0 Å². The van der Waals surface area contributed by atoms with Gasteiger partial charge in [0.25, 0.3) is 0 Å². The quantitative estimate of drug-likeness (QED) is 0.881. The van der Waals surface area contributed by atoms with Crippen molar-refractivity contribution in [3.63, 3.8) is 0 Å². The summed E-state index contributed by atoms with van der Waals surface area (Å²) in [7, 11) is 0. The average molecular weight is 266 g/mol. The first kappa shape index (κ1) is 12.3. The van der Waals surface area contributed by atoms with Crippen LogP contribution in [0.25, 0.3) is 0 Å². The smallest absolute Gasteiger partial charge is 0.0662 e. The van der Waals surface area contributed by atoms with Gasteiger partial charge >= 0.3 is 0 Å². The van der Waals surface area contributed by atoms with Crippen molar-refractivity contribution in [2.24, 2.45) is 5.73 Å². The van der Waals surface area contributed by atoms with Crippen molar-refractivity contribution in [3.8, 4) is 0 Å². The summed E-state index contributed by atoms with van der Waals surface area (Å²) in [4.78, 5) is 2.57. The number of halogens is 1. The number of benzene rings is 1. The molecule has 98 valence electrons. The Morgan fingerprint density at radius 1 is 1.39 bits per heavy atom. The van der Waals surface area contributed by atoms with E-state index in [1.165, 1.54) is 19.4 Å². The van der Waals surface area contributed by atoms with E-state index in [-0.39, 0.29) is 5.54 Å². The first-order valence-corrected chi connectivity index (χ1v) is 7.10. The summed E-state index contributed by atoms with van der Waals surface area (Å²) in [5, 5.41) is 4.42. The predicted octanol–water partition coefficient (Wildman–Crippen LogP) is 2.32. The molecule has 0 spiro atoms. The lowest BCUT2D eigenvalue weighted by molar-refractivity contribution is 0.280. The fraction of sp³-hybridized carbons (Fsp3) is 0.571. The van der Waals surface area contributed by atoms with Crippen LogP contribution >= 0.6 is 11.6 Å². The van der Waals surface area contributed by atoms with Crippen molar-refractivity contribution >= 4 is 17.3 Å². The standard InChI is InChI=1S/C14H20ClN3/c15-11-4-1-2-5-12(11)17-14(10-16)7-9-18-8-3-6-13(14)18/h1-2,4-5,13,17H,3,6-10,16H2. The third kappa shape index (κ3) is 1.91. The summed E-state index contributed by atoms with van der Waals surface area (Å²) in [5.74, 6) is 0. The minimum absolute atomic E-state index is 0.00148. The van der Waals surface area contributed by atoms with E-state index in [4.69, 9.17) is 17.3 Å². The highest BCUT2D eigenvalue weighted by atomic mass is 35.5. The molecule has 2 aliphatic rings. The number of para-hydroxylation sites is 1. The maximum Gasteiger partial charge on any atom is 0.0662 e. The Morgan fingerprint density at radius 3 is 3.00 bits per heavy atom. The van der Waals surface area contributed by atoms with Crippen molar-refractivity contribution in [2.75, 3.05) is 25.0 Å². The number of hydrogen-bond acceptors (Lipinski definition) is 3. The highest BCUT2D eigenvalue weighted by molar-refractivity contribution is 6.33. The molecule has 0 aromatic heterocycles. The van der Waals surface area contributed by atoms with Gasteiger partial charge < -0.3 is 11.1 Å². The van der Waals surface area contributed by atoms with Crippen LogP contribution in [-0.4, -0.2) is 36.1 Å². The highest BCUT2D eigenvalue weighted by Gasteiger charge is 2.48. The van der Waals surface area contributed by atoms with Gasteiger partial charge in [0.05, 0.1) is 16.2 Å². The van der Waals surface area contributed by atoms with Gasteiger partial charge in [0.2, 0.25) is 0 Å². The van der Waals surface area contributed by atoms with Crippen LogP contribution in [0.5, 0.6) is 0 Å². The van der Waals surface area contributed by atoms with Crippen LogP contribution in [0.4, 0.5) is 5.69 Å². The molecule has 3 N–H and O–H groups in total. The largest absolute Gasteiger partial charge is 0.375 e. The van der Waals surface area contributed by atoms with Crippen molar-refractivity contribution < 1.29 is 0 Å². The van der Waals surface area contributed by atoms with Crippen LogP contribution in [0.1, 0.15) is 19.3 Å². The second-order valence-corrected chi connectivity index (χ2v) is 5.82. The molecule has 0 radical (unpaired) electrons. The molecule has 2 saturated heterocycles. The maximum atomic E-state index is 6.25. The fourth-order valence-electron chi connectivity index (χ4n) is 3.50. The Hall–Kier alpha value is -0.770. The third-order valence-corrected chi connectivity index (χ3v) is 4.80. The van der Waals surface area contributed by atoms with E-state index >= 15 is 0 Å². The lowest BCUT2D eigenvalue weighted by Gasteiger charge is -2.36. The van der Waals surface area contributed by atoms with Crippen molar-refractivity contribution in [1.82, 2.24) is 4.90 Å². The Balaban J connectivity index is 1.87. The number of fused-ring (bicyclic) bond motifs is 1. The fourth-order valence-corrected chi connectivity index (χ4v) is 3.68. The zero-order valence-electron chi connectivity index (χ0n) is 10.5. The van der Waals surface area contributed by atoms with Gasteiger partial charge in [0.1, 0.15) is 0 Å². The molecule has 2 heterocycles. The summed E-state index contributed by atoms with van der Waals surface area (Å²) in [6, 6.07) is 8.50. The van der Waals surface area contributed by atoms with Gasteiger partial charge in [-0.3, -0.25) is 4.90 Å². The Morgan fingerprint density at radius 2 is 2.22 bits per heavy atom. The molecule has 1 aromatic carbocycles.